The highest BCUT2D eigenvalue weighted by atomic mass is 19.1. The average molecular weight is 322 g/mol. The molecule has 1 aliphatic rings. The van der Waals surface area contributed by atoms with Gasteiger partial charge in [-0.2, -0.15) is 0 Å². The first-order valence-electron chi connectivity index (χ1n) is 8.40. The Bertz CT molecular complexity index is 528. The molecule has 0 radical (unpaired) electrons. The average Bonchev–Trinajstić information content (AvgIpc) is 3.01. The van der Waals surface area contributed by atoms with Crippen LogP contribution in [0.15, 0.2) is 24.3 Å². The Labute approximate surface area is 137 Å². The largest absolute Gasteiger partial charge is 0.387 e. The van der Waals surface area contributed by atoms with E-state index in [-0.39, 0.29) is 18.0 Å². The van der Waals surface area contributed by atoms with E-state index in [1.807, 2.05) is 0 Å². The standard InChI is InChI=1S/C18H27FN2O2/c1-13(2)11-20-17(23)18(9-5-6-10-18)21-12-16(22)14-7-3-4-8-15(14)19/h3-4,7-8,13,16,21-22H,5-6,9-12H2,1-2H3,(H,20,23). The van der Waals surface area contributed by atoms with Gasteiger partial charge in [-0.15, -0.1) is 0 Å². The van der Waals surface area contributed by atoms with Gasteiger partial charge in [-0.25, -0.2) is 4.39 Å². The highest BCUT2D eigenvalue weighted by molar-refractivity contribution is 5.86. The molecule has 0 heterocycles. The molecular weight excluding hydrogens is 295 g/mol. The number of benzene rings is 1. The van der Waals surface area contributed by atoms with Crippen molar-refractivity contribution in [3.8, 4) is 0 Å². The van der Waals surface area contributed by atoms with Crippen LogP contribution in [-0.2, 0) is 4.79 Å². The summed E-state index contributed by atoms with van der Waals surface area (Å²) in [5, 5.41) is 16.4. The van der Waals surface area contributed by atoms with Crippen molar-refractivity contribution in [3.63, 3.8) is 0 Å². The third-order valence-electron chi connectivity index (χ3n) is 4.46. The number of halogens is 1. The minimum atomic E-state index is -0.966. The Kier molecular flexibility index (Phi) is 6.13. The molecule has 4 nitrogen and oxygen atoms in total. The van der Waals surface area contributed by atoms with Crippen LogP contribution in [0.1, 0.15) is 51.2 Å². The van der Waals surface area contributed by atoms with Crippen molar-refractivity contribution < 1.29 is 14.3 Å². The number of β-amino-alcohol motifs (C(OH)–C–C–N with tert-alkyl or cyclic N) is 1. The first-order chi connectivity index (χ1) is 10.9. The van der Waals surface area contributed by atoms with Gasteiger partial charge in [-0.05, 0) is 24.8 Å². The van der Waals surface area contributed by atoms with Crippen molar-refractivity contribution in [2.75, 3.05) is 13.1 Å². The number of carbonyl (C=O) groups is 1. The molecule has 3 N–H and O–H groups in total. The molecule has 0 saturated heterocycles. The van der Waals surface area contributed by atoms with Crippen molar-refractivity contribution in [2.45, 2.75) is 51.2 Å². The van der Waals surface area contributed by atoms with Crippen LogP contribution < -0.4 is 10.6 Å². The van der Waals surface area contributed by atoms with Crippen molar-refractivity contribution in [1.82, 2.24) is 10.6 Å². The van der Waals surface area contributed by atoms with Crippen LogP contribution in [0.3, 0.4) is 0 Å². The molecule has 1 aromatic carbocycles. The van der Waals surface area contributed by atoms with Gasteiger partial charge in [0.05, 0.1) is 11.6 Å². The van der Waals surface area contributed by atoms with Crippen molar-refractivity contribution in [3.05, 3.63) is 35.6 Å². The first-order valence-corrected chi connectivity index (χ1v) is 8.40. The zero-order valence-electron chi connectivity index (χ0n) is 13.9. The van der Waals surface area contributed by atoms with E-state index in [0.29, 0.717) is 12.5 Å². The summed E-state index contributed by atoms with van der Waals surface area (Å²) < 4.78 is 13.7. The summed E-state index contributed by atoms with van der Waals surface area (Å²) in [6, 6.07) is 6.19. The molecule has 1 atom stereocenters. The van der Waals surface area contributed by atoms with Crippen molar-refractivity contribution in [2.24, 2.45) is 5.92 Å². The first kappa shape index (κ1) is 17.9. The van der Waals surface area contributed by atoms with E-state index in [4.69, 9.17) is 0 Å². The van der Waals surface area contributed by atoms with Gasteiger partial charge in [0.2, 0.25) is 5.91 Å². The maximum absolute atomic E-state index is 13.7. The van der Waals surface area contributed by atoms with Gasteiger partial charge in [0, 0.05) is 18.7 Å². The van der Waals surface area contributed by atoms with E-state index in [1.165, 1.54) is 6.07 Å². The lowest BCUT2D eigenvalue weighted by Crippen LogP contribution is -2.56. The minimum Gasteiger partial charge on any atom is -0.387 e. The van der Waals surface area contributed by atoms with Gasteiger partial charge in [0.1, 0.15) is 5.82 Å². The van der Waals surface area contributed by atoms with E-state index in [0.717, 1.165) is 25.7 Å². The summed E-state index contributed by atoms with van der Waals surface area (Å²) in [6.45, 7) is 4.90. The van der Waals surface area contributed by atoms with E-state index >= 15 is 0 Å². The summed E-state index contributed by atoms with van der Waals surface area (Å²) in [6.07, 6.45) is 2.50. The summed E-state index contributed by atoms with van der Waals surface area (Å²) >= 11 is 0. The number of rotatable bonds is 7. The van der Waals surface area contributed by atoms with Crippen molar-refractivity contribution >= 4 is 5.91 Å². The molecule has 1 amide bonds. The molecule has 1 aromatic rings. The van der Waals surface area contributed by atoms with Gasteiger partial charge in [0.15, 0.2) is 0 Å². The molecule has 1 saturated carbocycles. The Hall–Kier alpha value is -1.46. The van der Waals surface area contributed by atoms with Gasteiger partial charge >= 0.3 is 0 Å². The van der Waals surface area contributed by atoms with Crippen LogP contribution in [0.25, 0.3) is 0 Å². The molecule has 0 spiro atoms. The number of hydrogen-bond donors (Lipinski definition) is 3. The fourth-order valence-electron chi connectivity index (χ4n) is 3.08. The summed E-state index contributed by atoms with van der Waals surface area (Å²) in [4.78, 5) is 12.6. The predicted molar refractivity (Wildman–Crippen MR) is 88.4 cm³/mol. The normalized spacial score (nSPS) is 18.1. The molecule has 23 heavy (non-hydrogen) atoms. The second-order valence-corrected chi connectivity index (χ2v) is 6.81. The van der Waals surface area contributed by atoms with E-state index in [2.05, 4.69) is 24.5 Å². The second-order valence-electron chi connectivity index (χ2n) is 6.81. The molecule has 0 aromatic heterocycles. The lowest BCUT2D eigenvalue weighted by atomic mass is 9.95. The molecule has 1 fully saturated rings. The Balaban J connectivity index is 1.99. The third-order valence-corrected chi connectivity index (χ3v) is 4.46. The Morgan fingerprint density at radius 1 is 1.26 bits per heavy atom. The van der Waals surface area contributed by atoms with Gasteiger partial charge in [0.25, 0.3) is 0 Å². The van der Waals surface area contributed by atoms with Crippen LogP contribution in [0.2, 0.25) is 0 Å². The topological polar surface area (TPSA) is 61.4 Å². The number of carbonyl (C=O) groups excluding carboxylic acids is 1. The van der Waals surface area contributed by atoms with E-state index in [1.54, 1.807) is 18.2 Å². The minimum absolute atomic E-state index is 0.00978. The number of aliphatic hydroxyl groups is 1. The SMILES string of the molecule is CC(C)CNC(=O)C1(NCC(O)c2ccccc2F)CCCC1. The van der Waals surface area contributed by atoms with Gasteiger partial charge < -0.3 is 15.7 Å². The van der Waals surface area contributed by atoms with E-state index < -0.39 is 17.5 Å². The number of aliphatic hydroxyl groups excluding tert-OH is 1. The zero-order chi connectivity index (χ0) is 16.9. The number of amides is 1. The van der Waals surface area contributed by atoms with E-state index in [9.17, 15) is 14.3 Å². The summed E-state index contributed by atoms with van der Waals surface area (Å²) in [5.41, 5.74) is -0.378. The third kappa shape index (κ3) is 4.52. The highest BCUT2D eigenvalue weighted by Gasteiger charge is 2.40. The fraction of sp³-hybridized carbons (Fsp3) is 0.611. The lowest BCUT2D eigenvalue weighted by molar-refractivity contribution is -0.127. The molecule has 0 aliphatic heterocycles. The fourth-order valence-corrected chi connectivity index (χ4v) is 3.08. The van der Waals surface area contributed by atoms with Crippen LogP contribution in [0, 0.1) is 11.7 Å². The quantitative estimate of drug-likeness (QED) is 0.723. The molecule has 1 aliphatic carbocycles. The van der Waals surface area contributed by atoms with Crippen LogP contribution in [0.4, 0.5) is 4.39 Å². The summed E-state index contributed by atoms with van der Waals surface area (Å²) in [5.74, 6) is -0.0441. The van der Waals surface area contributed by atoms with Crippen LogP contribution in [0.5, 0.6) is 0 Å². The Morgan fingerprint density at radius 2 is 1.91 bits per heavy atom. The van der Waals surface area contributed by atoms with Gasteiger partial charge in [-0.1, -0.05) is 44.9 Å². The maximum atomic E-state index is 13.7. The zero-order valence-corrected chi connectivity index (χ0v) is 13.9. The van der Waals surface area contributed by atoms with Gasteiger partial charge in [-0.3, -0.25) is 4.79 Å². The number of nitrogens with one attached hydrogen (secondary N) is 2. The lowest BCUT2D eigenvalue weighted by Gasteiger charge is -2.30. The molecule has 2 rings (SSSR count). The molecular formula is C18H27FN2O2. The molecule has 128 valence electrons. The second kappa shape index (κ2) is 7.88. The smallest absolute Gasteiger partial charge is 0.240 e. The number of hydrogen-bond acceptors (Lipinski definition) is 3. The molecule has 1 unspecified atom stereocenters. The van der Waals surface area contributed by atoms with Crippen LogP contribution >= 0.6 is 0 Å². The maximum Gasteiger partial charge on any atom is 0.240 e. The molecule has 5 heteroatoms. The Morgan fingerprint density at radius 3 is 2.52 bits per heavy atom. The van der Waals surface area contributed by atoms with Crippen LogP contribution in [-0.4, -0.2) is 29.6 Å². The monoisotopic (exact) mass is 322 g/mol. The highest BCUT2D eigenvalue weighted by Crippen LogP contribution is 2.30. The summed E-state index contributed by atoms with van der Waals surface area (Å²) in [7, 11) is 0. The predicted octanol–water partition coefficient (Wildman–Crippen LogP) is 2.53. The van der Waals surface area contributed by atoms with Crippen molar-refractivity contribution in [1.29, 1.82) is 0 Å². The molecule has 0 bridgehead atoms.